The Morgan fingerprint density at radius 2 is 1.84 bits per heavy atom. The summed E-state index contributed by atoms with van der Waals surface area (Å²) in [5.41, 5.74) is 4.31. The molecule has 0 radical (unpaired) electrons. The van der Waals surface area contributed by atoms with Crippen molar-refractivity contribution in [3.8, 4) is 17.1 Å². The van der Waals surface area contributed by atoms with Crippen molar-refractivity contribution < 1.29 is 4.42 Å². The number of rotatable bonds is 7. The predicted octanol–water partition coefficient (Wildman–Crippen LogP) is 5.77. The maximum Gasteiger partial charge on any atom is 0.173 e. The van der Waals surface area contributed by atoms with E-state index in [4.69, 9.17) is 26.6 Å². The average Bonchev–Trinajstić information content (AvgIpc) is 3.55. The Labute approximate surface area is 196 Å². The molecule has 0 atom stereocenters. The van der Waals surface area contributed by atoms with Crippen LogP contribution in [0.5, 0.6) is 0 Å². The average molecular weight is 459 g/mol. The van der Waals surface area contributed by atoms with Gasteiger partial charge in [-0.05, 0) is 36.8 Å². The Morgan fingerprint density at radius 3 is 2.59 bits per heavy atom. The van der Waals surface area contributed by atoms with Gasteiger partial charge in [0.05, 0.1) is 18.6 Å². The minimum atomic E-state index is 0.572. The van der Waals surface area contributed by atoms with Gasteiger partial charge >= 0.3 is 0 Å². The summed E-state index contributed by atoms with van der Waals surface area (Å²) in [6, 6.07) is 22.6. The van der Waals surface area contributed by atoms with Crippen LogP contribution in [0, 0.1) is 6.92 Å². The molecule has 1 aliphatic rings. The summed E-state index contributed by atoms with van der Waals surface area (Å²) < 4.78 is 7.69. The Balaban J connectivity index is 1.39. The summed E-state index contributed by atoms with van der Waals surface area (Å²) in [5.74, 6) is 2.43. The highest BCUT2D eigenvalue weighted by atomic mass is 32.2. The minimum absolute atomic E-state index is 0.572. The van der Waals surface area contributed by atoms with Crippen LogP contribution in [0.15, 0.2) is 93.8 Å². The fraction of sp³-hybridized carbons (Fsp3) is 0.160. The number of benzene rings is 2. The van der Waals surface area contributed by atoms with Crippen LogP contribution in [0.1, 0.15) is 11.1 Å². The molecule has 2 aromatic carbocycles. The zero-order chi connectivity index (χ0) is 21.9. The Morgan fingerprint density at radius 1 is 1.03 bits per heavy atom. The Kier molecular flexibility index (Phi) is 5.92. The molecule has 0 spiro atoms. The first-order valence-electron chi connectivity index (χ1n) is 10.4. The lowest BCUT2D eigenvalue weighted by Crippen LogP contribution is -2.32. The predicted molar refractivity (Wildman–Crippen MR) is 134 cm³/mol. The molecule has 7 heteroatoms. The van der Waals surface area contributed by atoms with Crippen molar-refractivity contribution in [1.82, 2.24) is 14.5 Å². The number of hydrogen-bond acceptors (Lipinski definition) is 5. The van der Waals surface area contributed by atoms with Crippen molar-refractivity contribution >= 4 is 34.8 Å². The highest BCUT2D eigenvalue weighted by molar-refractivity contribution is 7.99. The molecule has 0 N–H and O–H groups in total. The van der Waals surface area contributed by atoms with E-state index >= 15 is 0 Å². The van der Waals surface area contributed by atoms with Crippen molar-refractivity contribution in [3.63, 3.8) is 0 Å². The molecule has 1 aliphatic heterocycles. The number of aryl methyl sites for hydroxylation is 1. The molecule has 4 aromatic rings. The molecular formula is C25H22N4OS2. The van der Waals surface area contributed by atoms with E-state index in [2.05, 4.69) is 64.9 Å². The first-order valence-corrected chi connectivity index (χ1v) is 11.8. The summed E-state index contributed by atoms with van der Waals surface area (Å²) in [5, 5.41) is 0.889. The lowest BCUT2D eigenvalue weighted by Gasteiger charge is -2.20. The van der Waals surface area contributed by atoms with Gasteiger partial charge in [0, 0.05) is 18.4 Å². The number of aromatic nitrogens is 2. The molecular weight excluding hydrogens is 436 g/mol. The van der Waals surface area contributed by atoms with Gasteiger partial charge in [0.2, 0.25) is 0 Å². The minimum Gasteiger partial charge on any atom is -0.463 e. The van der Waals surface area contributed by atoms with E-state index < -0.39 is 0 Å². The molecule has 5 rings (SSSR count). The Bertz CT molecular complexity index is 1250. The second kappa shape index (κ2) is 9.14. The number of aliphatic imine (C=N–C) groups is 1. The van der Waals surface area contributed by atoms with Gasteiger partial charge in [0.25, 0.3) is 0 Å². The standard InChI is InChI=1S/C25H22N4OS2/c1-18-9-11-20(12-10-18)28-16-21(22-8-5-13-30-22)27-25(28)32-17-23-26-14-24(31)29(23)15-19-6-3-2-4-7-19/h2-13,16H,14-15,17H2,1H3. The number of furan rings is 1. The molecule has 0 bridgehead atoms. The lowest BCUT2D eigenvalue weighted by atomic mass is 10.2. The maximum absolute atomic E-state index is 5.59. The zero-order valence-electron chi connectivity index (χ0n) is 17.6. The van der Waals surface area contributed by atoms with Crippen molar-refractivity contribution in [1.29, 1.82) is 0 Å². The molecule has 32 heavy (non-hydrogen) atoms. The van der Waals surface area contributed by atoms with E-state index in [0.717, 1.165) is 39.7 Å². The largest absolute Gasteiger partial charge is 0.463 e. The lowest BCUT2D eigenvalue weighted by molar-refractivity contribution is 0.580. The van der Waals surface area contributed by atoms with Gasteiger partial charge in [-0.25, -0.2) is 4.98 Å². The van der Waals surface area contributed by atoms with Crippen molar-refractivity contribution in [2.75, 3.05) is 12.3 Å². The van der Waals surface area contributed by atoms with Gasteiger partial charge in [-0.1, -0.05) is 72.0 Å². The first-order chi connectivity index (χ1) is 15.7. The SMILES string of the molecule is Cc1ccc(-n2cc(-c3ccco3)nc2SCC2=NCC(=S)N2Cc2ccccc2)cc1. The molecule has 0 fully saturated rings. The smallest absolute Gasteiger partial charge is 0.173 e. The van der Waals surface area contributed by atoms with Crippen LogP contribution in [0.25, 0.3) is 17.1 Å². The number of hydrogen-bond donors (Lipinski definition) is 0. The third-order valence-electron chi connectivity index (χ3n) is 5.28. The van der Waals surface area contributed by atoms with E-state index in [9.17, 15) is 0 Å². The van der Waals surface area contributed by atoms with E-state index in [1.165, 1.54) is 11.1 Å². The van der Waals surface area contributed by atoms with Crippen LogP contribution < -0.4 is 0 Å². The van der Waals surface area contributed by atoms with Gasteiger partial charge in [0.1, 0.15) is 16.5 Å². The quantitative estimate of drug-likeness (QED) is 0.260. The van der Waals surface area contributed by atoms with Crippen LogP contribution in [-0.2, 0) is 6.54 Å². The van der Waals surface area contributed by atoms with Crippen molar-refractivity contribution in [2.45, 2.75) is 18.6 Å². The van der Waals surface area contributed by atoms with E-state index in [0.29, 0.717) is 12.3 Å². The summed E-state index contributed by atoms with van der Waals surface area (Å²) in [4.78, 5) is 12.6. The fourth-order valence-corrected chi connectivity index (χ4v) is 4.77. The molecule has 5 nitrogen and oxygen atoms in total. The summed E-state index contributed by atoms with van der Waals surface area (Å²) >= 11 is 7.24. The molecule has 0 aliphatic carbocycles. The molecule has 0 unspecified atom stereocenters. The second-order valence-corrected chi connectivity index (χ2v) is 8.99. The normalized spacial score (nSPS) is 13.6. The number of imidazole rings is 1. The molecule has 0 saturated heterocycles. The van der Waals surface area contributed by atoms with E-state index in [1.54, 1.807) is 18.0 Å². The van der Waals surface area contributed by atoms with Gasteiger partial charge in [-0.15, -0.1) is 0 Å². The highest BCUT2D eigenvalue weighted by Gasteiger charge is 2.23. The van der Waals surface area contributed by atoms with Gasteiger partial charge in [-0.2, -0.15) is 0 Å². The summed E-state index contributed by atoms with van der Waals surface area (Å²) in [6.07, 6.45) is 3.69. The highest BCUT2D eigenvalue weighted by Crippen LogP contribution is 2.29. The van der Waals surface area contributed by atoms with Crippen LogP contribution >= 0.6 is 24.0 Å². The van der Waals surface area contributed by atoms with Crippen LogP contribution in [0.3, 0.4) is 0 Å². The van der Waals surface area contributed by atoms with Crippen LogP contribution in [0.4, 0.5) is 0 Å². The van der Waals surface area contributed by atoms with E-state index in [1.807, 2.05) is 24.4 Å². The third-order valence-corrected chi connectivity index (χ3v) is 6.58. The van der Waals surface area contributed by atoms with Crippen molar-refractivity contribution in [2.24, 2.45) is 4.99 Å². The monoisotopic (exact) mass is 458 g/mol. The first kappa shape index (κ1) is 20.7. The summed E-state index contributed by atoms with van der Waals surface area (Å²) in [7, 11) is 0. The van der Waals surface area contributed by atoms with Gasteiger partial charge < -0.3 is 9.32 Å². The molecule has 160 valence electrons. The molecule has 2 aromatic heterocycles. The fourth-order valence-electron chi connectivity index (χ4n) is 3.57. The molecule has 0 amide bonds. The number of amidine groups is 1. The molecule has 3 heterocycles. The number of thiocarbonyl (C=S) groups is 1. The number of nitrogens with zero attached hydrogens (tertiary/aromatic N) is 4. The number of thioether (sulfide) groups is 1. The van der Waals surface area contributed by atoms with Gasteiger partial charge in [-0.3, -0.25) is 9.56 Å². The van der Waals surface area contributed by atoms with Crippen molar-refractivity contribution in [3.05, 3.63) is 90.3 Å². The maximum atomic E-state index is 5.59. The second-order valence-electron chi connectivity index (χ2n) is 7.58. The topological polar surface area (TPSA) is 46.6 Å². The van der Waals surface area contributed by atoms with Crippen LogP contribution in [0.2, 0.25) is 0 Å². The Hall–Kier alpha value is -3.16. The summed E-state index contributed by atoms with van der Waals surface area (Å²) in [6.45, 7) is 3.40. The van der Waals surface area contributed by atoms with Gasteiger partial charge in [0.15, 0.2) is 10.9 Å². The molecule has 0 saturated carbocycles. The third kappa shape index (κ3) is 4.40. The van der Waals surface area contributed by atoms with E-state index in [-0.39, 0.29) is 0 Å². The van der Waals surface area contributed by atoms with Crippen LogP contribution in [-0.4, -0.2) is 37.6 Å². The zero-order valence-corrected chi connectivity index (χ0v) is 19.3.